The van der Waals surface area contributed by atoms with Gasteiger partial charge >= 0.3 is 0 Å². The Morgan fingerprint density at radius 3 is 2.74 bits per heavy atom. The van der Waals surface area contributed by atoms with Crippen LogP contribution in [0.1, 0.15) is 33.9 Å². The Balaban J connectivity index is 1.35. The number of carbonyl (C=O) groups is 1. The smallest absolute Gasteiger partial charge is 0.252 e. The van der Waals surface area contributed by atoms with Crippen LogP contribution in [-0.4, -0.2) is 41.4 Å². The minimum absolute atomic E-state index is 0.130. The largest absolute Gasteiger partial charge is 0.310 e. The van der Waals surface area contributed by atoms with Crippen molar-refractivity contribution in [1.82, 2.24) is 29.7 Å². The van der Waals surface area contributed by atoms with Crippen LogP contribution in [0.3, 0.4) is 0 Å². The van der Waals surface area contributed by atoms with Gasteiger partial charge in [0.25, 0.3) is 5.95 Å². The standard InChI is InChI=1S/C21H21N7OS2/c1-11-7-12(2)25-21(24-11)28-16(8-13(3)27-28)26-17(29)9-30-19-18-14-5-4-6-15(14)31-20(18)23-10-22-19/h7-8,10H,4-6,9H2,1-3H3,(H,26,29). The molecule has 4 aromatic rings. The third-order valence-corrected chi connectivity index (χ3v) is 7.25. The van der Waals surface area contributed by atoms with Gasteiger partial charge < -0.3 is 5.32 Å². The minimum Gasteiger partial charge on any atom is -0.310 e. The summed E-state index contributed by atoms with van der Waals surface area (Å²) in [5.74, 6) is 1.11. The van der Waals surface area contributed by atoms with E-state index in [2.05, 4.69) is 30.4 Å². The zero-order chi connectivity index (χ0) is 21.5. The molecule has 0 atom stereocenters. The number of aryl methyl sites for hydroxylation is 5. The first-order valence-corrected chi connectivity index (χ1v) is 11.9. The van der Waals surface area contributed by atoms with Crippen molar-refractivity contribution in [3.63, 3.8) is 0 Å². The zero-order valence-electron chi connectivity index (χ0n) is 17.5. The molecule has 1 amide bonds. The number of aromatic nitrogens is 6. The molecule has 0 unspecified atom stereocenters. The second kappa shape index (κ2) is 8.01. The van der Waals surface area contributed by atoms with E-state index >= 15 is 0 Å². The molecule has 10 heteroatoms. The second-order valence-corrected chi connectivity index (χ2v) is 9.63. The van der Waals surface area contributed by atoms with Gasteiger partial charge in [-0.25, -0.2) is 19.9 Å². The number of fused-ring (bicyclic) bond motifs is 3. The van der Waals surface area contributed by atoms with Gasteiger partial charge in [0.05, 0.1) is 11.4 Å². The van der Waals surface area contributed by atoms with Gasteiger partial charge in [-0.05, 0) is 51.7 Å². The average Bonchev–Trinajstić information content (AvgIpc) is 3.40. The molecule has 0 aliphatic heterocycles. The molecule has 0 fully saturated rings. The molecular formula is C21H21N7OS2. The molecule has 158 valence electrons. The van der Waals surface area contributed by atoms with Crippen LogP contribution in [-0.2, 0) is 17.6 Å². The van der Waals surface area contributed by atoms with Gasteiger partial charge in [0.15, 0.2) is 0 Å². The molecule has 5 rings (SSSR count). The summed E-state index contributed by atoms with van der Waals surface area (Å²) in [5, 5.41) is 9.42. The van der Waals surface area contributed by atoms with Crippen LogP contribution in [0.5, 0.6) is 0 Å². The Morgan fingerprint density at radius 2 is 1.94 bits per heavy atom. The summed E-state index contributed by atoms with van der Waals surface area (Å²) in [6.45, 7) is 5.69. The number of thiophene rings is 1. The molecule has 0 bridgehead atoms. The molecule has 8 nitrogen and oxygen atoms in total. The lowest BCUT2D eigenvalue weighted by atomic mass is 10.2. The van der Waals surface area contributed by atoms with Crippen molar-refractivity contribution in [2.75, 3.05) is 11.1 Å². The first kappa shape index (κ1) is 20.1. The Labute approximate surface area is 187 Å². The first-order chi connectivity index (χ1) is 15.0. The fourth-order valence-corrected chi connectivity index (χ4v) is 5.98. The van der Waals surface area contributed by atoms with Gasteiger partial charge in [-0.2, -0.15) is 9.78 Å². The molecule has 0 radical (unpaired) electrons. The van der Waals surface area contributed by atoms with Gasteiger partial charge in [0.2, 0.25) is 5.91 Å². The molecule has 4 heterocycles. The van der Waals surface area contributed by atoms with Crippen LogP contribution in [0, 0.1) is 20.8 Å². The van der Waals surface area contributed by atoms with Gasteiger partial charge in [-0.3, -0.25) is 4.79 Å². The summed E-state index contributed by atoms with van der Waals surface area (Å²) in [5.41, 5.74) is 3.83. The van der Waals surface area contributed by atoms with Gasteiger partial charge in [-0.1, -0.05) is 11.8 Å². The number of amides is 1. The summed E-state index contributed by atoms with van der Waals surface area (Å²) in [6.07, 6.45) is 4.95. The molecule has 31 heavy (non-hydrogen) atoms. The fraction of sp³-hybridized carbons (Fsp3) is 0.333. The number of hydrogen-bond acceptors (Lipinski definition) is 8. The van der Waals surface area contributed by atoms with Crippen molar-refractivity contribution >= 4 is 45.0 Å². The molecule has 0 spiro atoms. The van der Waals surface area contributed by atoms with Crippen LogP contribution in [0.25, 0.3) is 16.2 Å². The molecule has 0 saturated heterocycles. The number of nitrogens with one attached hydrogen (secondary N) is 1. The minimum atomic E-state index is -0.130. The van der Waals surface area contributed by atoms with E-state index in [0.29, 0.717) is 11.8 Å². The fourth-order valence-electron chi connectivity index (χ4n) is 3.86. The number of anilines is 1. The normalized spacial score (nSPS) is 13.0. The lowest BCUT2D eigenvalue weighted by Gasteiger charge is -2.09. The monoisotopic (exact) mass is 451 g/mol. The predicted octanol–water partition coefficient (Wildman–Crippen LogP) is 3.81. The highest BCUT2D eigenvalue weighted by molar-refractivity contribution is 8.00. The van der Waals surface area contributed by atoms with Crippen molar-refractivity contribution in [2.24, 2.45) is 0 Å². The molecular weight excluding hydrogens is 430 g/mol. The topological polar surface area (TPSA) is 98.5 Å². The van der Waals surface area contributed by atoms with E-state index < -0.39 is 0 Å². The number of thioether (sulfide) groups is 1. The maximum Gasteiger partial charge on any atom is 0.252 e. The summed E-state index contributed by atoms with van der Waals surface area (Å²) in [7, 11) is 0. The quantitative estimate of drug-likeness (QED) is 0.364. The third-order valence-electron chi connectivity index (χ3n) is 5.07. The van der Waals surface area contributed by atoms with Crippen molar-refractivity contribution < 1.29 is 4.79 Å². The zero-order valence-corrected chi connectivity index (χ0v) is 19.1. The third kappa shape index (κ3) is 3.92. The maximum atomic E-state index is 12.8. The van der Waals surface area contributed by atoms with Crippen LogP contribution in [0.15, 0.2) is 23.5 Å². The summed E-state index contributed by atoms with van der Waals surface area (Å²) in [6, 6.07) is 3.72. The Hall–Kier alpha value is -2.85. The number of carbonyl (C=O) groups excluding carboxylic acids is 1. The van der Waals surface area contributed by atoms with Gasteiger partial charge in [0, 0.05) is 27.7 Å². The van der Waals surface area contributed by atoms with Crippen molar-refractivity contribution in [2.45, 2.75) is 45.1 Å². The van der Waals surface area contributed by atoms with E-state index in [4.69, 9.17) is 0 Å². The van der Waals surface area contributed by atoms with Crippen molar-refractivity contribution in [3.05, 3.63) is 46.0 Å². The van der Waals surface area contributed by atoms with Crippen molar-refractivity contribution in [1.29, 1.82) is 0 Å². The van der Waals surface area contributed by atoms with Crippen LogP contribution in [0.4, 0.5) is 5.82 Å². The second-order valence-electron chi connectivity index (χ2n) is 7.59. The van der Waals surface area contributed by atoms with E-state index in [9.17, 15) is 4.79 Å². The number of nitrogens with zero attached hydrogens (tertiary/aromatic N) is 6. The van der Waals surface area contributed by atoms with Gasteiger partial charge in [-0.15, -0.1) is 11.3 Å². The molecule has 4 aromatic heterocycles. The molecule has 0 aromatic carbocycles. The van der Waals surface area contributed by atoms with Crippen LogP contribution < -0.4 is 5.32 Å². The first-order valence-electron chi connectivity index (χ1n) is 10.0. The highest BCUT2D eigenvalue weighted by Crippen LogP contribution is 2.40. The average molecular weight is 452 g/mol. The molecule has 1 aliphatic rings. The lowest BCUT2D eigenvalue weighted by molar-refractivity contribution is -0.113. The summed E-state index contributed by atoms with van der Waals surface area (Å²) >= 11 is 3.20. The van der Waals surface area contributed by atoms with E-state index in [-0.39, 0.29) is 11.7 Å². The van der Waals surface area contributed by atoms with Crippen LogP contribution in [0.2, 0.25) is 0 Å². The number of hydrogen-bond donors (Lipinski definition) is 1. The van der Waals surface area contributed by atoms with E-state index in [0.717, 1.165) is 45.2 Å². The van der Waals surface area contributed by atoms with E-state index in [1.54, 1.807) is 22.3 Å². The Bertz CT molecular complexity index is 1290. The van der Waals surface area contributed by atoms with E-state index in [1.807, 2.05) is 32.9 Å². The lowest BCUT2D eigenvalue weighted by Crippen LogP contribution is -2.18. The predicted molar refractivity (Wildman–Crippen MR) is 122 cm³/mol. The highest BCUT2D eigenvalue weighted by atomic mass is 32.2. The SMILES string of the molecule is Cc1cc(C)nc(-n2nc(C)cc2NC(=O)CSc2ncnc3sc4c(c23)CCC4)n1. The van der Waals surface area contributed by atoms with Gasteiger partial charge in [0.1, 0.15) is 22.0 Å². The van der Waals surface area contributed by atoms with Crippen LogP contribution >= 0.6 is 23.1 Å². The molecule has 1 aliphatic carbocycles. The maximum absolute atomic E-state index is 12.8. The van der Waals surface area contributed by atoms with E-state index in [1.165, 1.54) is 28.6 Å². The molecule has 0 saturated carbocycles. The summed E-state index contributed by atoms with van der Waals surface area (Å²) < 4.78 is 1.58. The number of rotatable bonds is 5. The highest BCUT2D eigenvalue weighted by Gasteiger charge is 2.22. The summed E-state index contributed by atoms with van der Waals surface area (Å²) in [4.78, 5) is 33.0. The van der Waals surface area contributed by atoms with Crippen molar-refractivity contribution in [3.8, 4) is 5.95 Å². The Morgan fingerprint density at radius 1 is 1.13 bits per heavy atom. The molecule has 1 N–H and O–H groups in total. The Kier molecular flexibility index (Phi) is 5.19.